The fourth-order valence-corrected chi connectivity index (χ4v) is 2.50. The summed E-state index contributed by atoms with van der Waals surface area (Å²) >= 11 is 4.45. The quantitative estimate of drug-likeness (QED) is 0.716. The zero-order valence-electron chi connectivity index (χ0n) is 6.76. The summed E-state index contributed by atoms with van der Waals surface area (Å²) in [6.07, 6.45) is 0. The molecule has 0 atom stereocenters. The molecular weight excluding hydrogens is 252 g/mol. The maximum absolute atomic E-state index is 11.6. The molecule has 1 aromatic heterocycles. The first-order valence-electron chi connectivity index (χ1n) is 3.66. The lowest BCUT2D eigenvalue weighted by Gasteiger charge is -2.10. The van der Waals surface area contributed by atoms with E-state index < -0.39 is 0 Å². The van der Waals surface area contributed by atoms with Crippen LogP contribution in [0, 0.1) is 0 Å². The summed E-state index contributed by atoms with van der Waals surface area (Å²) in [7, 11) is 0. The minimum atomic E-state index is -0.0895. The van der Waals surface area contributed by atoms with Gasteiger partial charge in [0.2, 0.25) is 11.6 Å². The van der Waals surface area contributed by atoms with E-state index in [1.165, 1.54) is 11.3 Å². The highest BCUT2D eigenvalue weighted by Gasteiger charge is 2.29. The van der Waals surface area contributed by atoms with Gasteiger partial charge < -0.3 is 0 Å². The van der Waals surface area contributed by atoms with Gasteiger partial charge in [-0.2, -0.15) is 0 Å². The summed E-state index contributed by atoms with van der Waals surface area (Å²) in [6.45, 7) is 1.66. The predicted molar refractivity (Wildman–Crippen MR) is 54.6 cm³/mol. The maximum atomic E-state index is 11.6. The summed E-state index contributed by atoms with van der Waals surface area (Å²) in [6, 6.07) is 1.69. The lowest BCUT2D eigenvalue weighted by molar-refractivity contribution is 0.0985. The molecule has 1 aliphatic rings. The Morgan fingerprint density at radius 1 is 1.31 bits per heavy atom. The minimum Gasteiger partial charge on any atom is -0.288 e. The van der Waals surface area contributed by atoms with Crippen molar-refractivity contribution < 1.29 is 9.59 Å². The monoisotopic (exact) mass is 256 g/mol. The molecule has 0 aromatic carbocycles. The van der Waals surface area contributed by atoms with Gasteiger partial charge in [0.1, 0.15) is 0 Å². The number of halogens is 1. The Labute approximate surface area is 87.4 Å². The van der Waals surface area contributed by atoms with Crippen molar-refractivity contribution in [1.29, 1.82) is 0 Å². The van der Waals surface area contributed by atoms with Crippen molar-refractivity contribution in [3.63, 3.8) is 0 Å². The van der Waals surface area contributed by atoms with E-state index >= 15 is 0 Å². The molecule has 66 valence electrons. The highest BCUT2D eigenvalue weighted by molar-refractivity contribution is 9.12. The molecule has 1 aliphatic carbocycles. The summed E-state index contributed by atoms with van der Waals surface area (Å²) in [5.74, 6) is -0.134. The molecule has 0 fully saturated rings. The molecule has 2 nitrogen and oxygen atoms in total. The van der Waals surface area contributed by atoms with Crippen LogP contribution in [-0.2, 0) is 0 Å². The molecule has 4 heteroatoms. The Morgan fingerprint density at radius 2 is 2.00 bits per heavy atom. The van der Waals surface area contributed by atoms with Gasteiger partial charge in [-0.25, -0.2) is 0 Å². The zero-order valence-corrected chi connectivity index (χ0v) is 9.16. The van der Waals surface area contributed by atoms with Gasteiger partial charge in [-0.15, -0.1) is 11.3 Å². The standard InChI is InChI=1S/C9H5BrO2S/c1-4-6(10)8(12)5-2-3-13-9(5)7(4)11/h2-3H,1H3. The van der Waals surface area contributed by atoms with Gasteiger partial charge in [0.25, 0.3) is 0 Å². The number of carbonyl (C=O) groups excluding carboxylic acids is 2. The van der Waals surface area contributed by atoms with E-state index in [9.17, 15) is 9.59 Å². The number of carbonyl (C=O) groups is 2. The predicted octanol–water partition coefficient (Wildman–Crippen LogP) is 2.80. The average Bonchev–Trinajstić information content (AvgIpc) is 2.59. The highest BCUT2D eigenvalue weighted by Crippen LogP contribution is 2.32. The number of hydrogen-bond donors (Lipinski definition) is 0. The summed E-state index contributed by atoms with van der Waals surface area (Å²) in [4.78, 5) is 23.7. The third-order valence-corrected chi connectivity index (χ3v) is 3.85. The molecule has 0 bridgehead atoms. The molecular formula is C9H5BrO2S. The van der Waals surface area contributed by atoms with Gasteiger partial charge in [0, 0.05) is 11.1 Å². The van der Waals surface area contributed by atoms with Crippen LogP contribution in [0.2, 0.25) is 0 Å². The normalized spacial score (nSPS) is 16.5. The van der Waals surface area contributed by atoms with Gasteiger partial charge in [-0.05, 0) is 34.3 Å². The summed E-state index contributed by atoms with van der Waals surface area (Å²) in [5.41, 5.74) is 1.02. The van der Waals surface area contributed by atoms with Crippen LogP contribution in [0.5, 0.6) is 0 Å². The second kappa shape index (κ2) is 2.89. The van der Waals surface area contributed by atoms with Gasteiger partial charge in [-0.1, -0.05) is 0 Å². The van der Waals surface area contributed by atoms with Crippen LogP contribution >= 0.6 is 27.3 Å². The van der Waals surface area contributed by atoms with Crippen LogP contribution < -0.4 is 0 Å². The lowest BCUT2D eigenvalue weighted by atomic mass is 9.98. The molecule has 13 heavy (non-hydrogen) atoms. The molecule has 0 radical (unpaired) electrons. The van der Waals surface area contributed by atoms with E-state index in [4.69, 9.17) is 0 Å². The zero-order chi connectivity index (χ0) is 9.59. The van der Waals surface area contributed by atoms with Gasteiger partial charge in [0.05, 0.1) is 9.36 Å². The maximum Gasteiger partial charge on any atom is 0.201 e. The van der Waals surface area contributed by atoms with E-state index in [0.29, 0.717) is 20.5 Å². The second-order valence-electron chi connectivity index (χ2n) is 2.76. The highest BCUT2D eigenvalue weighted by atomic mass is 79.9. The van der Waals surface area contributed by atoms with Crippen LogP contribution in [0.4, 0.5) is 0 Å². The number of rotatable bonds is 0. The molecule has 0 amide bonds. The topological polar surface area (TPSA) is 34.1 Å². The molecule has 0 saturated heterocycles. The van der Waals surface area contributed by atoms with Gasteiger partial charge in [0.15, 0.2) is 0 Å². The van der Waals surface area contributed by atoms with Crippen molar-refractivity contribution >= 4 is 38.8 Å². The van der Waals surface area contributed by atoms with Crippen LogP contribution in [0.25, 0.3) is 0 Å². The van der Waals surface area contributed by atoms with Crippen molar-refractivity contribution in [3.8, 4) is 0 Å². The smallest absolute Gasteiger partial charge is 0.201 e. The first-order valence-corrected chi connectivity index (χ1v) is 5.33. The number of fused-ring (bicyclic) bond motifs is 1. The van der Waals surface area contributed by atoms with Crippen molar-refractivity contribution in [3.05, 3.63) is 31.9 Å². The fraction of sp³-hybridized carbons (Fsp3) is 0.111. The van der Waals surface area contributed by atoms with E-state index in [0.717, 1.165) is 0 Å². The van der Waals surface area contributed by atoms with Crippen molar-refractivity contribution in [2.45, 2.75) is 6.92 Å². The molecule has 1 aromatic rings. The Kier molecular flexibility index (Phi) is 1.96. The second-order valence-corrected chi connectivity index (χ2v) is 4.47. The third kappa shape index (κ3) is 1.13. The Hall–Kier alpha value is -0.740. The molecule has 0 spiro atoms. The van der Waals surface area contributed by atoms with Crippen LogP contribution in [0.3, 0.4) is 0 Å². The summed E-state index contributed by atoms with van der Waals surface area (Å²) in [5, 5.41) is 1.76. The van der Waals surface area contributed by atoms with Crippen LogP contribution in [-0.4, -0.2) is 11.6 Å². The Bertz CT molecular complexity index is 404. The molecule has 0 saturated carbocycles. The van der Waals surface area contributed by atoms with Gasteiger partial charge in [-0.3, -0.25) is 9.59 Å². The number of allylic oxidation sites excluding steroid dienone is 2. The molecule has 1 heterocycles. The first kappa shape index (κ1) is 8.84. The molecule has 0 N–H and O–H groups in total. The minimum absolute atomic E-state index is 0.0449. The van der Waals surface area contributed by atoms with Crippen LogP contribution in [0.1, 0.15) is 27.0 Å². The molecule has 2 rings (SSSR count). The Balaban J connectivity index is 2.71. The lowest BCUT2D eigenvalue weighted by Crippen LogP contribution is -2.15. The molecule has 0 aliphatic heterocycles. The van der Waals surface area contributed by atoms with Crippen LogP contribution in [0.15, 0.2) is 21.5 Å². The van der Waals surface area contributed by atoms with Crippen molar-refractivity contribution in [1.82, 2.24) is 0 Å². The molecule has 0 unspecified atom stereocenters. The van der Waals surface area contributed by atoms with Gasteiger partial charge >= 0.3 is 0 Å². The first-order chi connectivity index (χ1) is 6.13. The third-order valence-electron chi connectivity index (χ3n) is 1.99. The SMILES string of the molecule is CC1=C(Br)C(=O)c2ccsc2C1=O. The number of hydrogen-bond acceptors (Lipinski definition) is 3. The summed E-state index contributed by atoms with van der Waals surface area (Å²) < 4.78 is 0.392. The van der Waals surface area contributed by atoms with E-state index in [2.05, 4.69) is 15.9 Å². The van der Waals surface area contributed by atoms with E-state index in [1.54, 1.807) is 18.4 Å². The number of ketones is 2. The van der Waals surface area contributed by atoms with Crippen molar-refractivity contribution in [2.24, 2.45) is 0 Å². The van der Waals surface area contributed by atoms with E-state index in [-0.39, 0.29) is 11.6 Å². The fourth-order valence-electron chi connectivity index (χ4n) is 1.22. The number of thiophene rings is 1. The van der Waals surface area contributed by atoms with E-state index in [1.807, 2.05) is 0 Å². The largest absolute Gasteiger partial charge is 0.288 e. The van der Waals surface area contributed by atoms with Crippen molar-refractivity contribution in [2.75, 3.05) is 0 Å². The average molecular weight is 257 g/mol. The number of Topliss-reactive ketones (excluding diaryl/α,β-unsaturated/α-hetero) is 2. The Morgan fingerprint density at radius 3 is 2.69 bits per heavy atom.